The molecular formula is C19H36N4O. The molecule has 0 bridgehead atoms. The highest BCUT2D eigenvalue weighted by Gasteiger charge is 2.14. The first-order valence-electron chi connectivity index (χ1n) is 9.66. The SMILES string of the molecule is CCCCCN(CCCCC)C[C@H](C)NC(=O)c1cnn(CC)c1. The van der Waals surface area contributed by atoms with Crippen LogP contribution in [0.2, 0.25) is 0 Å². The van der Waals surface area contributed by atoms with Crippen LogP contribution >= 0.6 is 0 Å². The second-order valence-electron chi connectivity index (χ2n) is 6.67. The second kappa shape index (κ2) is 12.1. The highest BCUT2D eigenvalue weighted by atomic mass is 16.1. The lowest BCUT2D eigenvalue weighted by atomic mass is 10.2. The third-order valence-corrected chi connectivity index (χ3v) is 4.28. The number of amides is 1. The molecule has 24 heavy (non-hydrogen) atoms. The predicted molar refractivity (Wildman–Crippen MR) is 100 cm³/mol. The zero-order valence-electron chi connectivity index (χ0n) is 16.1. The van der Waals surface area contributed by atoms with Crippen molar-refractivity contribution in [2.45, 2.75) is 78.8 Å². The molecule has 1 amide bonds. The van der Waals surface area contributed by atoms with Gasteiger partial charge in [0.1, 0.15) is 0 Å². The van der Waals surface area contributed by atoms with Gasteiger partial charge in [-0.05, 0) is 39.8 Å². The topological polar surface area (TPSA) is 50.2 Å². The molecule has 0 saturated heterocycles. The zero-order chi connectivity index (χ0) is 17.8. The summed E-state index contributed by atoms with van der Waals surface area (Å²) in [6, 6.07) is 0.144. The average molecular weight is 337 g/mol. The molecule has 1 aromatic rings. The van der Waals surface area contributed by atoms with Crippen LogP contribution in [0.5, 0.6) is 0 Å². The predicted octanol–water partition coefficient (Wildman–Crippen LogP) is 3.70. The molecule has 1 rings (SSSR count). The lowest BCUT2D eigenvalue weighted by Gasteiger charge is -2.26. The number of unbranched alkanes of at least 4 members (excludes halogenated alkanes) is 4. The molecule has 0 aliphatic rings. The number of aryl methyl sites for hydroxylation is 1. The van der Waals surface area contributed by atoms with Crippen molar-refractivity contribution in [3.05, 3.63) is 18.0 Å². The van der Waals surface area contributed by atoms with E-state index in [1.807, 2.05) is 13.1 Å². The number of hydrogen-bond donors (Lipinski definition) is 1. The highest BCUT2D eigenvalue weighted by Crippen LogP contribution is 2.05. The van der Waals surface area contributed by atoms with Crippen LogP contribution in [0.1, 0.15) is 76.6 Å². The first-order valence-corrected chi connectivity index (χ1v) is 9.66. The van der Waals surface area contributed by atoms with E-state index in [1.54, 1.807) is 10.9 Å². The van der Waals surface area contributed by atoms with Gasteiger partial charge >= 0.3 is 0 Å². The Morgan fingerprint density at radius 3 is 2.29 bits per heavy atom. The molecule has 0 aliphatic heterocycles. The molecule has 1 heterocycles. The maximum absolute atomic E-state index is 12.3. The summed E-state index contributed by atoms with van der Waals surface area (Å²) < 4.78 is 1.78. The number of carbonyl (C=O) groups is 1. The van der Waals surface area contributed by atoms with E-state index < -0.39 is 0 Å². The van der Waals surface area contributed by atoms with E-state index in [4.69, 9.17) is 0 Å². The Morgan fingerprint density at radius 1 is 1.17 bits per heavy atom. The van der Waals surface area contributed by atoms with E-state index in [2.05, 4.69) is 36.1 Å². The summed E-state index contributed by atoms with van der Waals surface area (Å²) in [5.41, 5.74) is 0.646. The lowest BCUT2D eigenvalue weighted by molar-refractivity contribution is 0.0928. The first kappa shape index (κ1) is 20.7. The standard InChI is InChI=1S/C19H36N4O/c1-5-8-10-12-22(13-11-9-6-2)15-17(4)21-19(24)18-14-20-23(7-3)16-18/h14,16-17H,5-13,15H2,1-4H3,(H,21,24)/t17-/m0/s1. The molecule has 0 aliphatic carbocycles. The third-order valence-electron chi connectivity index (χ3n) is 4.28. The van der Waals surface area contributed by atoms with E-state index in [-0.39, 0.29) is 11.9 Å². The Kier molecular flexibility index (Phi) is 10.4. The number of hydrogen-bond acceptors (Lipinski definition) is 3. The van der Waals surface area contributed by atoms with Crippen molar-refractivity contribution in [1.29, 1.82) is 0 Å². The fourth-order valence-corrected chi connectivity index (χ4v) is 2.86. The average Bonchev–Trinajstić information content (AvgIpc) is 3.04. The molecule has 0 fully saturated rings. The van der Waals surface area contributed by atoms with Crippen molar-refractivity contribution in [3.8, 4) is 0 Å². The van der Waals surface area contributed by atoms with E-state index in [1.165, 1.54) is 38.5 Å². The molecule has 138 valence electrons. The van der Waals surface area contributed by atoms with Gasteiger partial charge in [0, 0.05) is 25.3 Å². The van der Waals surface area contributed by atoms with Crippen LogP contribution in [0.3, 0.4) is 0 Å². The minimum Gasteiger partial charge on any atom is -0.348 e. The van der Waals surface area contributed by atoms with Crippen molar-refractivity contribution >= 4 is 5.91 Å². The number of rotatable bonds is 13. The number of nitrogens with one attached hydrogen (secondary N) is 1. The zero-order valence-corrected chi connectivity index (χ0v) is 16.1. The summed E-state index contributed by atoms with van der Waals surface area (Å²) in [5, 5.41) is 7.28. The summed E-state index contributed by atoms with van der Waals surface area (Å²) >= 11 is 0. The summed E-state index contributed by atoms with van der Waals surface area (Å²) in [6.07, 6.45) is 11.0. The normalized spacial score (nSPS) is 12.5. The summed E-state index contributed by atoms with van der Waals surface area (Å²) in [5.74, 6) is -0.0238. The third kappa shape index (κ3) is 7.95. The molecule has 0 unspecified atom stereocenters. The van der Waals surface area contributed by atoms with Gasteiger partial charge in [0.25, 0.3) is 5.91 Å². The second-order valence-corrected chi connectivity index (χ2v) is 6.67. The maximum Gasteiger partial charge on any atom is 0.254 e. The molecule has 1 aromatic heterocycles. The molecule has 0 spiro atoms. The fourth-order valence-electron chi connectivity index (χ4n) is 2.86. The van der Waals surface area contributed by atoms with Gasteiger partial charge in [-0.3, -0.25) is 9.48 Å². The largest absolute Gasteiger partial charge is 0.348 e. The Hall–Kier alpha value is -1.36. The Labute approximate surface area is 147 Å². The van der Waals surface area contributed by atoms with Gasteiger partial charge in [0.15, 0.2) is 0 Å². The minimum absolute atomic E-state index is 0.0238. The van der Waals surface area contributed by atoms with Crippen LogP contribution in [0, 0.1) is 0 Å². The smallest absolute Gasteiger partial charge is 0.254 e. The van der Waals surface area contributed by atoms with Gasteiger partial charge < -0.3 is 10.2 Å². The summed E-state index contributed by atoms with van der Waals surface area (Å²) in [7, 11) is 0. The molecule has 1 atom stereocenters. The lowest BCUT2D eigenvalue weighted by Crippen LogP contribution is -2.42. The maximum atomic E-state index is 12.3. The van der Waals surface area contributed by atoms with E-state index in [9.17, 15) is 4.79 Å². The van der Waals surface area contributed by atoms with Crippen molar-refractivity contribution in [2.75, 3.05) is 19.6 Å². The number of aromatic nitrogens is 2. The van der Waals surface area contributed by atoms with Gasteiger partial charge in [-0.2, -0.15) is 5.10 Å². The van der Waals surface area contributed by atoms with Gasteiger partial charge in [0.05, 0.1) is 11.8 Å². The monoisotopic (exact) mass is 336 g/mol. The molecular weight excluding hydrogens is 300 g/mol. The van der Waals surface area contributed by atoms with Crippen LogP contribution in [0.25, 0.3) is 0 Å². The van der Waals surface area contributed by atoms with Gasteiger partial charge in [0.2, 0.25) is 0 Å². The number of carbonyl (C=O) groups excluding carboxylic acids is 1. The summed E-state index contributed by atoms with van der Waals surface area (Å²) in [6.45, 7) is 12.5. The van der Waals surface area contributed by atoms with Gasteiger partial charge in [-0.1, -0.05) is 39.5 Å². The van der Waals surface area contributed by atoms with Gasteiger partial charge in [-0.15, -0.1) is 0 Å². The van der Waals surface area contributed by atoms with Crippen LogP contribution in [-0.4, -0.2) is 46.3 Å². The Bertz CT molecular complexity index is 448. The Balaban J connectivity index is 2.45. The molecule has 5 nitrogen and oxygen atoms in total. The molecule has 0 saturated carbocycles. The van der Waals surface area contributed by atoms with Crippen LogP contribution in [0.15, 0.2) is 12.4 Å². The van der Waals surface area contributed by atoms with Crippen molar-refractivity contribution in [1.82, 2.24) is 20.0 Å². The van der Waals surface area contributed by atoms with Crippen LogP contribution < -0.4 is 5.32 Å². The van der Waals surface area contributed by atoms with Gasteiger partial charge in [-0.25, -0.2) is 0 Å². The number of nitrogens with zero attached hydrogens (tertiary/aromatic N) is 3. The van der Waals surface area contributed by atoms with Crippen molar-refractivity contribution < 1.29 is 4.79 Å². The molecule has 0 radical (unpaired) electrons. The fraction of sp³-hybridized carbons (Fsp3) is 0.789. The van der Waals surface area contributed by atoms with Crippen LogP contribution in [0.4, 0.5) is 0 Å². The van der Waals surface area contributed by atoms with E-state index >= 15 is 0 Å². The molecule has 1 N–H and O–H groups in total. The summed E-state index contributed by atoms with van der Waals surface area (Å²) in [4.78, 5) is 14.8. The minimum atomic E-state index is -0.0238. The van der Waals surface area contributed by atoms with Crippen LogP contribution in [-0.2, 0) is 6.54 Å². The quantitative estimate of drug-likeness (QED) is 0.559. The van der Waals surface area contributed by atoms with E-state index in [0.717, 1.165) is 26.2 Å². The Morgan fingerprint density at radius 2 is 1.79 bits per heavy atom. The molecule has 5 heteroatoms. The molecule has 0 aromatic carbocycles. The van der Waals surface area contributed by atoms with Crippen molar-refractivity contribution in [3.63, 3.8) is 0 Å². The van der Waals surface area contributed by atoms with E-state index in [0.29, 0.717) is 5.56 Å². The highest BCUT2D eigenvalue weighted by molar-refractivity contribution is 5.93. The first-order chi connectivity index (χ1) is 11.6. The van der Waals surface area contributed by atoms with Crippen molar-refractivity contribution in [2.24, 2.45) is 0 Å².